The Morgan fingerprint density at radius 3 is 2.70 bits per heavy atom. The molecule has 0 amide bonds. The maximum atomic E-state index is 12.1. The average molecular weight is 612 g/mol. The van der Waals surface area contributed by atoms with Gasteiger partial charge in [0.05, 0.1) is 35.4 Å². The number of ether oxygens (including phenoxy) is 3. The molecule has 43 heavy (non-hydrogen) atoms. The molecule has 9 nitrogen and oxygen atoms in total. The number of halogens is 1. The van der Waals surface area contributed by atoms with Gasteiger partial charge in [-0.3, -0.25) is 4.98 Å². The SMILES string of the molecule is CCOC(=O)C(C)(C)OCC(C)NC1CCC(Cc2cc(-c3cccc(NCC4(C#N)CCOCC4)n3)c(Cl)cn2)CC1. The zero-order valence-corrected chi connectivity index (χ0v) is 26.7. The van der Waals surface area contributed by atoms with E-state index in [1.807, 2.05) is 18.2 Å². The number of aromatic nitrogens is 2. The fraction of sp³-hybridized carbons (Fsp3) is 0.636. The molecule has 1 saturated carbocycles. The fourth-order valence-corrected chi connectivity index (χ4v) is 6.00. The molecular weight excluding hydrogens is 566 g/mol. The second-order valence-electron chi connectivity index (χ2n) is 12.5. The van der Waals surface area contributed by atoms with E-state index >= 15 is 0 Å². The highest BCUT2D eigenvalue weighted by atomic mass is 35.5. The Labute approximate surface area is 261 Å². The summed E-state index contributed by atoms with van der Waals surface area (Å²) in [5, 5.41) is 17.4. The summed E-state index contributed by atoms with van der Waals surface area (Å²) in [7, 11) is 0. The number of rotatable bonds is 13. The van der Waals surface area contributed by atoms with Crippen molar-refractivity contribution in [1.29, 1.82) is 5.26 Å². The van der Waals surface area contributed by atoms with E-state index < -0.39 is 11.0 Å². The largest absolute Gasteiger partial charge is 0.464 e. The first-order valence-corrected chi connectivity index (χ1v) is 15.9. The van der Waals surface area contributed by atoms with Crippen LogP contribution in [0.25, 0.3) is 11.3 Å². The van der Waals surface area contributed by atoms with Crippen molar-refractivity contribution in [3.8, 4) is 17.3 Å². The summed E-state index contributed by atoms with van der Waals surface area (Å²) in [6, 6.07) is 11.0. The van der Waals surface area contributed by atoms with Crippen molar-refractivity contribution in [2.24, 2.45) is 11.3 Å². The van der Waals surface area contributed by atoms with Crippen LogP contribution >= 0.6 is 11.6 Å². The van der Waals surface area contributed by atoms with Crippen LogP contribution in [0.2, 0.25) is 5.02 Å². The van der Waals surface area contributed by atoms with Gasteiger partial charge in [-0.1, -0.05) is 17.7 Å². The van der Waals surface area contributed by atoms with Crippen LogP contribution in [0.1, 0.15) is 71.9 Å². The molecule has 0 radical (unpaired) electrons. The molecule has 4 rings (SSSR count). The fourth-order valence-electron chi connectivity index (χ4n) is 5.80. The first-order valence-electron chi connectivity index (χ1n) is 15.5. The zero-order valence-electron chi connectivity index (χ0n) is 26.0. The lowest BCUT2D eigenvalue weighted by Gasteiger charge is -2.32. The van der Waals surface area contributed by atoms with Gasteiger partial charge >= 0.3 is 5.97 Å². The standard InChI is InChI=1S/C33H46ClN5O4/c1-5-42-31(40)32(3,4)43-20-23(2)38-25-11-9-24(10-12-25)17-26-18-27(28(34)19-36-26)29-7-6-8-30(39-29)37-22-33(21-35)13-15-41-16-14-33/h6-8,18-19,23-25,38H,5,9-17,20,22H2,1-4H3,(H,37,39). The molecule has 1 aliphatic heterocycles. The quantitative estimate of drug-likeness (QED) is 0.264. The number of hydrogen-bond donors (Lipinski definition) is 2. The molecule has 0 aromatic carbocycles. The molecule has 2 aromatic rings. The van der Waals surface area contributed by atoms with Crippen LogP contribution in [0.3, 0.4) is 0 Å². The second kappa shape index (κ2) is 15.3. The van der Waals surface area contributed by atoms with E-state index in [1.165, 1.54) is 0 Å². The van der Waals surface area contributed by atoms with Crippen LogP contribution in [0.5, 0.6) is 0 Å². The van der Waals surface area contributed by atoms with Gasteiger partial charge in [-0.25, -0.2) is 9.78 Å². The highest BCUT2D eigenvalue weighted by Crippen LogP contribution is 2.33. The lowest BCUT2D eigenvalue weighted by molar-refractivity contribution is -0.168. The third kappa shape index (κ3) is 9.36. The Morgan fingerprint density at radius 1 is 1.26 bits per heavy atom. The smallest absolute Gasteiger partial charge is 0.337 e. The first-order chi connectivity index (χ1) is 20.6. The molecule has 1 aliphatic carbocycles. The average Bonchev–Trinajstić information content (AvgIpc) is 3.02. The third-order valence-corrected chi connectivity index (χ3v) is 8.86. The Morgan fingerprint density at radius 2 is 2.00 bits per heavy atom. The van der Waals surface area contributed by atoms with Gasteiger partial charge in [0.2, 0.25) is 0 Å². The number of carbonyl (C=O) groups is 1. The van der Waals surface area contributed by atoms with E-state index in [4.69, 9.17) is 30.8 Å². The topological polar surface area (TPSA) is 118 Å². The van der Waals surface area contributed by atoms with Gasteiger partial charge in [0, 0.05) is 49.3 Å². The second-order valence-corrected chi connectivity index (χ2v) is 12.9. The summed E-state index contributed by atoms with van der Waals surface area (Å²) in [5.74, 6) is 0.945. The Kier molecular flexibility index (Phi) is 11.8. The number of pyridine rings is 2. The minimum Gasteiger partial charge on any atom is -0.464 e. The normalized spacial score (nSPS) is 21.0. The van der Waals surface area contributed by atoms with Gasteiger partial charge in [0.25, 0.3) is 0 Å². The molecule has 2 fully saturated rings. The minimum atomic E-state index is -0.952. The predicted octanol–water partition coefficient (Wildman–Crippen LogP) is 5.97. The first kappa shape index (κ1) is 33.1. The summed E-state index contributed by atoms with van der Waals surface area (Å²) >= 11 is 6.60. The zero-order chi connectivity index (χ0) is 30.9. The van der Waals surface area contributed by atoms with Crippen LogP contribution in [-0.2, 0) is 25.4 Å². The van der Waals surface area contributed by atoms with E-state index in [2.05, 4.69) is 34.7 Å². The third-order valence-electron chi connectivity index (χ3n) is 8.56. The molecule has 1 saturated heterocycles. The van der Waals surface area contributed by atoms with Crippen LogP contribution in [0, 0.1) is 22.7 Å². The number of anilines is 1. The number of hydrogen-bond acceptors (Lipinski definition) is 9. The van der Waals surface area contributed by atoms with Crippen LogP contribution in [0.15, 0.2) is 30.5 Å². The van der Waals surface area contributed by atoms with Crippen molar-refractivity contribution in [3.63, 3.8) is 0 Å². The Hall–Kier alpha value is -2.77. The molecule has 2 aliphatic rings. The van der Waals surface area contributed by atoms with Gasteiger partial charge in [-0.05, 0) is 96.8 Å². The van der Waals surface area contributed by atoms with Gasteiger partial charge in [0.1, 0.15) is 5.82 Å². The highest BCUT2D eigenvalue weighted by molar-refractivity contribution is 6.33. The van der Waals surface area contributed by atoms with E-state index in [1.54, 1.807) is 27.0 Å². The van der Waals surface area contributed by atoms with Crippen LogP contribution in [-0.4, -0.2) is 66.6 Å². The van der Waals surface area contributed by atoms with Crippen molar-refractivity contribution >= 4 is 23.4 Å². The van der Waals surface area contributed by atoms with Crippen molar-refractivity contribution in [1.82, 2.24) is 15.3 Å². The van der Waals surface area contributed by atoms with Crippen molar-refractivity contribution in [2.75, 3.05) is 38.3 Å². The molecular formula is C33H46ClN5O4. The maximum Gasteiger partial charge on any atom is 0.337 e. The lowest BCUT2D eigenvalue weighted by Crippen LogP contribution is -2.45. The van der Waals surface area contributed by atoms with Gasteiger partial charge in [0.15, 0.2) is 5.60 Å². The molecule has 2 N–H and O–H groups in total. The highest BCUT2D eigenvalue weighted by Gasteiger charge is 2.33. The molecule has 0 spiro atoms. The van der Waals surface area contributed by atoms with Crippen LogP contribution in [0.4, 0.5) is 5.82 Å². The number of carbonyl (C=O) groups excluding carboxylic acids is 1. The predicted molar refractivity (Wildman–Crippen MR) is 168 cm³/mol. The molecule has 3 heterocycles. The van der Waals surface area contributed by atoms with Crippen molar-refractivity contribution in [3.05, 3.63) is 41.2 Å². The summed E-state index contributed by atoms with van der Waals surface area (Å²) in [4.78, 5) is 21.6. The van der Waals surface area contributed by atoms with Crippen molar-refractivity contribution in [2.45, 2.75) is 90.3 Å². The van der Waals surface area contributed by atoms with Gasteiger partial charge in [-0.15, -0.1) is 0 Å². The monoisotopic (exact) mass is 611 g/mol. The molecule has 2 aromatic heterocycles. The number of esters is 1. The molecule has 0 bridgehead atoms. The van der Waals surface area contributed by atoms with E-state index in [0.717, 1.165) is 67.7 Å². The molecule has 234 valence electrons. The Balaban J connectivity index is 1.28. The summed E-state index contributed by atoms with van der Waals surface area (Å²) < 4.78 is 16.4. The minimum absolute atomic E-state index is 0.135. The van der Waals surface area contributed by atoms with Crippen molar-refractivity contribution < 1.29 is 19.0 Å². The van der Waals surface area contributed by atoms with E-state index in [-0.39, 0.29) is 12.0 Å². The molecule has 1 atom stereocenters. The number of nitriles is 1. The number of nitrogens with one attached hydrogen (secondary N) is 2. The van der Waals surface area contributed by atoms with Crippen LogP contribution < -0.4 is 10.6 Å². The Bertz CT molecular complexity index is 1250. The van der Waals surface area contributed by atoms with Gasteiger partial charge in [-0.2, -0.15) is 5.26 Å². The molecule has 10 heteroatoms. The molecule has 1 unspecified atom stereocenters. The summed E-state index contributed by atoms with van der Waals surface area (Å²) in [6.45, 7) is 9.95. The maximum absolute atomic E-state index is 12.1. The van der Waals surface area contributed by atoms with Gasteiger partial charge < -0.3 is 24.8 Å². The lowest BCUT2D eigenvalue weighted by atomic mass is 9.82. The van der Waals surface area contributed by atoms with E-state index in [9.17, 15) is 10.1 Å². The van der Waals surface area contributed by atoms with E-state index in [0.29, 0.717) is 50.0 Å². The summed E-state index contributed by atoms with van der Waals surface area (Å²) in [6.07, 6.45) is 8.46. The number of nitrogens with zero attached hydrogens (tertiary/aromatic N) is 3. The summed E-state index contributed by atoms with van der Waals surface area (Å²) in [5.41, 5.74) is 1.29.